The molecule has 0 radical (unpaired) electrons. The fraction of sp³-hybridized carbons (Fsp3) is 0.310. The third kappa shape index (κ3) is 7.67. The number of para-hydroxylation sites is 2. The lowest BCUT2D eigenvalue weighted by atomic mass is 10.0. The van der Waals surface area contributed by atoms with Crippen LogP contribution < -0.4 is 9.80 Å². The SMILES string of the molecule is CCCCCCc1cccc2c1N(c1ccc3c(c1)Sc1cc(/C=C4\SC(=S)N(CC(=O)O)C4=O)ccc1N3CCCCCC)c1ccccc1S2. The molecule has 1 saturated heterocycles. The molecule has 0 atom stereocenters. The minimum absolute atomic E-state index is 0.272. The molecule has 3 aliphatic rings. The van der Waals surface area contributed by atoms with E-state index in [4.69, 9.17) is 12.2 Å². The number of benzene rings is 4. The third-order valence-corrected chi connectivity index (χ3v) is 13.2. The number of hydrogen-bond donors (Lipinski definition) is 1. The number of unbranched alkanes of at least 4 members (excludes halogenated alkanes) is 6. The summed E-state index contributed by atoms with van der Waals surface area (Å²) in [6.45, 7) is 4.99. The van der Waals surface area contributed by atoms with E-state index in [1.807, 2.05) is 23.9 Å². The molecule has 52 heavy (non-hydrogen) atoms. The smallest absolute Gasteiger partial charge is 0.323 e. The third-order valence-electron chi connectivity index (χ3n) is 9.62. The lowest BCUT2D eigenvalue weighted by Gasteiger charge is -2.37. The summed E-state index contributed by atoms with van der Waals surface area (Å²) >= 11 is 10.1. The minimum atomic E-state index is -1.08. The van der Waals surface area contributed by atoms with Crippen molar-refractivity contribution in [2.75, 3.05) is 22.9 Å². The quantitative estimate of drug-likeness (QED) is 0.0676. The molecular formula is C42H43N3O3S4. The maximum absolute atomic E-state index is 13.1. The average Bonchev–Trinajstić information content (AvgIpc) is 3.40. The molecule has 3 heterocycles. The molecule has 0 spiro atoms. The lowest BCUT2D eigenvalue weighted by Crippen LogP contribution is -2.33. The van der Waals surface area contributed by atoms with Crippen molar-refractivity contribution in [1.29, 1.82) is 0 Å². The van der Waals surface area contributed by atoms with Crippen LogP contribution in [0.5, 0.6) is 0 Å². The van der Waals surface area contributed by atoms with Crippen molar-refractivity contribution in [2.45, 2.75) is 91.2 Å². The number of anilines is 5. The number of rotatable bonds is 14. The summed E-state index contributed by atoms with van der Waals surface area (Å²) in [6.07, 6.45) is 12.5. The molecule has 0 saturated carbocycles. The summed E-state index contributed by atoms with van der Waals surface area (Å²) < 4.78 is 0.272. The van der Waals surface area contributed by atoms with Gasteiger partial charge in [-0.05, 0) is 85.0 Å². The van der Waals surface area contributed by atoms with E-state index in [1.54, 1.807) is 11.8 Å². The number of thioether (sulfide) groups is 1. The van der Waals surface area contributed by atoms with Gasteiger partial charge in [-0.3, -0.25) is 14.5 Å². The zero-order valence-corrected chi connectivity index (χ0v) is 32.9. The number of hydrogen-bond acceptors (Lipinski definition) is 8. The molecule has 1 fully saturated rings. The van der Waals surface area contributed by atoms with Gasteiger partial charge in [0.1, 0.15) is 10.9 Å². The van der Waals surface area contributed by atoms with Gasteiger partial charge in [0.25, 0.3) is 5.91 Å². The predicted octanol–water partition coefficient (Wildman–Crippen LogP) is 12.2. The van der Waals surface area contributed by atoms with E-state index in [-0.39, 0.29) is 10.2 Å². The van der Waals surface area contributed by atoms with Gasteiger partial charge in [0.15, 0.2) is 0 Å². The van der Waals surface area contributed by atoms with Crippen LogP contribution in [0.25, 0.3) is 6.08 Å². The van der Waals surface area contributed by atoms with Crippen LogP contribution in [-0.4, -0.2) is 39.3 Å². The Bertz CT molecular complexity index is 2050. The number of carboxylic acid groups (broad SMARTS) is 1. The zero-order valence-electron chi connectivity index (χ0n) is 29.6. The Morgan fingerprint density at radius 3 is 2.23 bits per heavy atom. The van der Waals surface area contributed by atoms with Gasteiger partial charge in [-0.1, -0.05) is 130 Å². The number of carbonyl (C=O) groups is 2. The van der Waals surface area contributed by atoms with E-state index in [9.17, 15) is 14.7 Å². The van der Waals surface area contributed by atoms with Crippen LogP contribution in [0.3, 0.4) is 0 Å². The first kappa shape index (κ1) is 36.6. The maximum atomic E-state index is 13.1. The van der Waals surface area contributed by atoms with Gasteiger partial charge in [0.2, 0.25) is 0 Å². The van der Waals surface area contributed by atoms with Gasteiger partial charge >= 0.3 is 5.97 Å². The van der Waals surface area contributed by atoms with Crippen LogP contribution >= 0.6 is 47.5 Å². The summed E-state index contributed by atoms with van der Waals surface area (Å²) in [5.74, 6) is -1.45. The van der Waals surface area contributed by atoms with Crippen molar-refractivity contribution in [3.05, 3.63) is 94.9 Å². The predicted molar refractivity (Wildman–Crippen MR) is 222 cm³/mol. The van der Waals surface area contributed by atoms with Gasteiger partial charge in [0, 0.05) is 31.8 Å². The van der Waals surface area contributed by atoms with Crippen LogP contribution in [0.2, 0.25) is 0 Å². The zero-order chi connectivity index (χ0) is 36.2. The van der Waals surface area contributed by atoms with E-state index >= 15 is 0 Å². The number of aliphatic carboxylic acids is 1. The summed E-state index contributed by atoms with van der Waals surface area (Å²) in [7, 11) is 0. The van der Waals surface area contributed by atoms with E-state index in [0.29, 0.717) is 4.91 Å². The second-order valence-electron chi connectivity index (χ2n) is 13.3. The largest absolute Gasteiger partial charge is 0.480 e. The van der Waals surface area contributed by atoms with Crippen LogP contribution in [0.4, 0.5) is 28.4 Å². The molecule has 0 aliphatic carbocycles. The number of fused-ring (bicyclic) bond motifs is 4. The fourth-order valence-electron chi connectivity index (χ4n) is 7.06. The highest BCUT2D eigenvalue weighted by atomic mass is 32.2. The Hall–Kier alpha value is -3.70. The van der Waals surface area contributed by atoms with Crippen molar-refractivity contribution < 1.29 is 14.7 Å². The van der Waals surface area contributed by atoms with Gasteiger partial charge in [-0.2, -0.15) is 0 Å². The second kappa shape index (κ2) is 16.5. The Balaban J connectivity index is 1.27. The standard InChI is InChI=1S/C42H43N3O3S4/c1-3-5-7-9-14-29-15-13-18-35-40(29)45(33-16-10-11-17-34(33)50-35)30-20-22-32-37(26-30)51-36-24-28(19-21-31(36)43(32)23-12-8-6-4-2)25-38-41(48)44(27-39(46)47)42(49)52-38/h10-11,13,15-22,24-26H,3-9,12,14,23,27H2,1-2H3,(H,46,47)/b38-25-. The lowest BCUT2D eigenvalue weighted by molar-refractivity contribution is -0.140. The number of amides is 1. The van der Waals surface area contributed by atoms with E-state index in [2.05, 4.69) is 96.4 Å². The number of thiocarbonyl (C=S) groups is 1. The highest BCUT2D eigenvalue weighted by molar-refractivity contribution is 8.26. The normalized spacial score (nSPS) is 15.5. The van der Waals surface area contributed by atoms with Gasteiger partial charge in [0.05, 0.1) is 27.7 Å². The van der Waals surface area contributed by atoms with Gasteiger partial charge in [-0.25, -0.2) is 0 Å². The van der Waals surface area contributed by atoms with Crippen molar-refractivity contribution in [2.24, 2.45) is 0 Å². The average molecular weight is 766 g/mol. The molecule has 1 N–H and O–H groups in total. The molecule has 10 heteroatoms. The Morgan fingerprint density at radius 2 is 1.44 bits per heavy atom. The van der Waals surface area contributed by atoms with Crippen molar-refractivity contribution in [1.82, 2.24) is 4.90 Å². The van der Waals surface area contributed by atoms with Crippen molar-refractivity contribution >= 4 is 98.2 Å². The minimum Gasteiger partial charge on any atom is -0.480 e. The fourth-order valence-corrected chi connectivity index (χ4v) is 10.6. The number of carbonyl (C=O) groups excluding carboxylic acids is 1. The topological polar surface area (TPSA) is 64.1 Å². The summed E-state index contributed by atoms with van der Waals surface area (Å²) in [5.41, 5.74) is 8.31. The molecule has 0 unspecified atom stereocenters. The molecule has 0 aromatic heterocycles. The molecule has 268 valence electrons. The Morgan fingerprint density at radius 1 is 0.731 bits per heavy atom. The van der Waals surface area contributed by atoms with E-state index in [0.717, 1.165) is 57.9 Å². The van der Waals surface area contributed by atoms with Crippen LogP contribution in [0, 0.1) is 0 Å². The summed E-state index contributed by atoms with van der Waals surface area (Å²) in [5, 5.41) is 9.29. The molecule has 4 aromatic carbocycles. The maximum Gasteiger partial charge on any atom is 0.323 e. The highest BCUT2D eigenvalue weighted by Crippen LogP contribution is 2.55. The highest BCUT2D eigenvalue weighted by Gasteiger charge is 2.34. The summed E-state index contributed by atoms with van der Waals surface area (Å²) in [4.78, 5) is 35.8. The molecule has 1 amide bonds. The first-order chi connectivity index (χ1) is 25.4. The molecular weight excluding hydrogens is 723 g/mol. The first-order valence-corrected chi connectivity index (χ1v) is 21.1. The summed E-state index contributed by atoms with van der Waals surface area (Å²) in [6, 6.07) is 28.8. The van der Waals surface area contributed by atoms with E-state index in [1.165, 1.54) is 82.3 Å². The van der Waals surface area contributed by atoms with Gasteiger partial charge < -0.3 is 14.9 Å². The van der Waals surface area contributed by atoms with Crippen LogP contribution in [0.15, 0.2) is 103 Å². The van der Waals surface area contributed by atoms with Gasteiger partial charge in [-0.15, -0.1) is 0 Å². The van der Waals surface area contributed by atoms with Crippen molar-refractivity contribution in [3.63, 3.8) is 0 Å². The number of carboxylic acids is 1. The first-order valence-electron chi connectivity index (χ1n) is 18.3. The second-order valence-corrected chi connectivity index (χ2v) is 17.2. The Labute approximate surface area is 325 Å². The molecule has 7 rings (SSSR count). The Kier molecular flexibility index (Phi) is 11.7. The van der Waals surface area contributed by atoms with Crippen molar-refractivity contribution in [3.8, 4) is 0 Å². The number of nitrogens with zero attached hydrogens (tertiary/aromatic N) is 3. The molecule has 3 aliphatic heterocycles. The monoisotopic (exact) mass is 765 g/mol. The number of aryl methyl sites for hydroxylation is 1. The van der Waals surface area contributed by atoms with E-state index < -0.39 is 12.5 Å². The molecule has 0 bridgehead atoms. The van der Waals surface area contributed by atoms with Crippen LogP contribution in [0.1, 0.15) is 76.3 Å². The molecule has 6 nitrogen and oxygen atoms in total. The van der Waals surface area contributed by atoms with Crippen LogP contribution in [-0.2, 0) is 16.0 Å². The molecule has 4 aromatic rings.